The fraction of sp³-hybridized carbons (Fsp3) is 0.417. The number of hydrogen-bond acceptors (Lipinski definition) is 7. The molecule has 0 saturated carbocycles. The molecule has 0 fully saturated rings. The summed E-state index contributed by atoms with van der Waals surface area (Å²) in [6, 6.07) is 10.3. The van der Waals surface area contributed by atoms with Crippen LogP contribution < -0.4 is 14.2 Å². The number of nitrogens with zero attached hydrogens (tertiary/aromatic N) is 3. The first-order valence-corrected chi connectivity index (χ1v) is 12.2. The second kappa shape index (κ2) is 9.93. The van der Waals surface area contributed by atoms with Gasteiger partial charge in [-0.05, 0) is 49.7 Å². The summed E-state index contributed by atoms with van der Waals surface area (Å²) in [5.41, 5.74) is 1.53. The number of sulfonamides is 1. The van der Waals surface area contributed by atoms with Crippen molar-refractivity contribution in [3.05, 3.63) is 48.3 Å². The lowest BCUT2D eigenvalue weighted by atomic mass is 9.87. The van der Waals surface area contributed by atoms with E-state index in [2.05, 4.69) is 40.4 Å². The average Bonchev–Trinajstić information content (AvgIpc) is 2.75. The summed E-state index contributed by atoms with van der Waals surface area (Å²) in [5.74, 6) is 1.21. The zero-order valence-electron chi connectivity index (χ0n) is 20.0. The minimum absolute atomic E-state index is 0.0681. The number of fused-ring (bicyclic) bond motifs is 1. The van der Waals surface area contributed by atoms with Crippen molar-refractivity contribution in [2.75, 3.05) is 39.1 Å². The van der Waals surface area contributed by atoms with Gasteiger partial charge in [-0.2, -0.15) is 0 Å². The van der Waals surface area contributed by atoms with Crippen LogP contribution in [0.15, 0.2) is 47.6 Å². The van der Waals surface area contributed by atoms with Gasteiger partial charge in [-0.1, -0.05) is 32.9 Å². The standard InChI is InChI=1S/C24H32N4O4S/c1-24(2,3)17-8-10-18(11-9-17)33(29,30)27-23-19-14-21(31-6)22(15-20(19)25-16-26-23)32-13-7-12-28(4)5/h8-11,14-16H,7,12-13H2,1-6H3,(H,25,26,27). The Morgan fingerprint density at radius 2 is 1.73 bits per heavy atom. The summed E-state index contributed by atoms with van der Waals surface area (Å²) in [5, 5.41) is 0.518. The SMILES string of the molecule is COc1cc2c(NS(=O)(=O)c3ccc(C(C)(C)C)cc3)ncnc2cc1OCCCN(C)C. The van der Waals surface area contributed by atoms with E-state index in [-0.39, 0.29) is 16.1 Å². The zero-order chi connectivity index (χ0) is 24.2. The Morgan fingerprint density at radius 1 is 1.03 bits per heavy atom. The highest BCUT2D eigenvalue weighted by molar-refractivity contribution is 7.92. The first kappa shape index (κ1) is 24.7. The molecule has 0 aliphatic rings. The van der Waals surface area contributed by atoms with Gasteiger partial charge in [0, 0.05) is 18.0 Å². The minimum Gasteiger partial charge on any atom is -0.493 e. The van der Waals surface area contributed by atoms with E-state index in [1.54, 1.807) is 24.3 Å². The molecule has 2 aromatic carbocycles. The quantitative estimate of drug-likeness (QED) is 0.469. The van der Waals surface area contributed by atoms with E-state index in [0.29, 0.717) is 29.0 Å². The lowest BCUT2D eigenvalue weighted by Gasteiger charge is -2.19. The lowest BCUT2D eigenvalue weighted by Crippen LogP contribution is -2.16. The second-order valence-electron chi connectivity index (χ2n) is 9.13. The molecule has 1 aromatic heterocycles. The number of nitrogens with one attached hydrogen (secondary N) is 1. The minimum atomic E-state index is -3.84. The smallest absolute Gasteiger partial charge is 0.263 e. The largest absolute Gasteiger partial charge is 0.493 e. The third kappa shape index (κ3) is 6.11. The molecule has 33 heavy (non-hydrogen) atoms. The fourth-order valence-electron chi connectivity index (χ4n) is 3.30. The Balaban J connectivity index is 1.88. The predicted molar refractivity (Wildman–Crippen MR) is 131 cm³/mol. The molecule has 9 heteroatoms. The van der Waals surface area contributed by atoms with Crippen molar-refractivity contribution >= 4 is 26.7 Å². The highest BCUT2D eigenvalue weighted by atomic mass is 32.2. The normalized spacial score (nSPS) is 12.2. The van der Waals surface area contributed by atoms with Crippen LogP contribution in [0.1, 0.15) is 32.8 Å². The van der Waals surface area contributed by atoms with E-state index in [1.807, 2.05) is 26.2 Å². The topological polar surface area (TPSA) is 93.6 Å². The van der Waals surface area contributed by atoms with Gasteiger partial charge in [0.15, 0.2) is 17.3 Å². The Bertz CT molecular complexity index is 1200. The van der Waals surface area contributed by atoms with E-state index >= 15 is 0 Å². The van der Waals surface area contributed by atoms with E-state index in [4.69, 9.17) is 9.47 Å². The second-order valence-corrected chi connectivity index (χ2v) is 10.8. The maximum atomic E-state index is 13.0. The van der Waals surface area contributed by atoms with Crippen LogP contribution in [0.2, 0.25) is 0 Å². The van der Waals surface area contributed by atoms with Crippen LogP contribution in [0.3, 0.4) is 0 Å². The summed E-state index contributed by atoms with van der Waals surface area (Å²) in [4.78, 5) is 10.7. The molecule has 0 bridgehead atoms. The third-order valence-electron chi connectivity index (χ3n) is 5.19. The molecule has 0 unspecified atom stereocenters. The summed E-state index contributed by atoms with van der Waals surface area (Å²) in [6.45, 7) is 7.66. The number of benzene rings is 2. The number of rotatable bonds is 9. The molecule has 0 amide bonds. The summed E-state index contributed by atoms with van der Waals surface area (Å²) in [6.07, 6.45) is 2.18. The molecule has 1 heterocycles. The molecular formula is C24H32N4O4S. The van der Waals surface area contributed by atoms with Gasteiger partial charge in [-0.25, -0.2) is 18.4 Å². The molecule has 0 atom stereocenters. The van der Waals surface area contributed by atoms with Gasteiger partial charge >= 0.3 is 0 Å². The van der Waals surface area contributed by atoms with Crippen LogP contribution in [-0.2, 0) is 15.4 Å². The van der Waals surface area contributed by atoms with Gasteiger partial charge in [0.1, 0.15) is 6.33 Å². The van der Waals surface area contributed by atoms with Crippen molar-refractivity contribution in [3.8, 4) is 11.5 Å². The van der Waals surface area contributed by atoms with Crippen molar-refractivity contribution < 1.29 is 17.9 Å². The van der Waals surface area contributed by atoms with Crippen molar-refractivity contribution in [2.24, 2.45) is 0 Å². The highest BCUT2D eigenvalue weighted by Crippen LogP contribution is 2.34. The monoisotopic (exact) mass is 472 g/mol. The molecule has 178 valence electrons. The molecule has 0 aliphatic carbocycles. The van der Waals surface area contributed by atoms with E-state index in [1.165, 1.54) is 13.4 Å². The van der Waals surface area contributed by atoms with Crippen molar-refractivity contribution in [3.63, 3.8) is 0 Å². The first-order chi connectivity index (χ1) is 15.5. The van der Waals surface area contributed by atoms with Gasteiger partial charge in [-0.3, -0.25) is 4.72 Å². The van der Waals surface area contributed by atoms with Crippen molar-refractivity contribution in [2.45, 2.75) is 37.5 Å². The number of ether oxygens (including phenoxy) is 2. The first-order valence-electron chi connectivity index (χ1n) is 10.7. The lowest BCUT2D eigenvalue weighted by molar-refractivity contribution is 0.268. The Morgan fingerprint density at radius 3 is 2.33 bits per heavy atom. The van der Waals surface area contributed by atoms with Gasteiger partial charge in [0.05, 0.1) is 24.1 Å². The van der Waals surface area contributed by atoms with Crippen molar-refractivity contribution in [1.82, 2.24) is 14.9 Å². The van der Waals surface area contributed by atoms with Gasteiger partial charge in [0.2, 0.25) is 0 Å². The number of methoxy groups -OCH3 is 1. The molecular weight excluding hydrogens is 440 g/mol. The van der Waals surface area contributed by atoms with Gasteiger partial charge < -0.3 is 14.4 Å². The molecule has 8 nitrogen and oxygen atoms in total. The van der Waals surface area contributed by atoms with Crippen LogP contribution in [0.4, 0.5) is 5.82 Å². The van der Waals surface area contributed by atoms with Crippen LogP contribution in [0, 0.1) is 0 Å². The summed E-state index contributed by atoms with van der Waals surface area (Å²) in [7, 11) is 1.72. The molecule has 1 N–H and O–H groups in total. The molecule has 0 aliphatic heterocycles. The Labute approximate surface area is 196 Å². The highest BCUT2D eigenvalue weighted by Gasteiger charge is 2.20. The summed E-state index contributed by atoms with van der Waals surface area (Å²) >= 11 is 0. The van der Waals surface area contributed by atoms with Crippen LogP contribution >= 0.6 is 0 Å². The average molecular weight is 473 g/mol. The zero-order valence-corrected chi connectivity index (χ0v) is 20.9. The number of aromatic nitrogens is 2. The van der Waals surface area contributed by atoms with Crippen LogP contribution in [-0.4, -0.2) is 57.6 Å². The van der Waals surface area contributed by atoms with Crippen molar-refractivity contribution in [1.29, 1.82) is 0 Å². The maximum absolute atomic E-state index is 13.0. The molecule has 0 radical (unpaired) electrons. The fourth-order valence-corrected chi connectivity index (χ4v) is 4.33. The number of hydrogen-bond donors (Lipinski definition) is 1. The van der Waals surface area contributed by atoms with Gasteiger partial charge in [0.25, 0.3) is 10.0 Å². The Hall–Kier alpha value is -2.91. The number of anilines is 1. The van der Waals surface area contributed by atoms with E-state index in [9.17, 15) is 8.42 Å². The van der Waals surface area contributed by atoms with Crippen LogP contribution in [0.25, 0.3) is 10.9 Å². The predicted octanol–water partition coefficient (Wildman–Crippen LogP) is 4.07. The van der Waals surface area contributed by atoms with E-state index < -0.39 is 10.0 Å². The third-order valence-corrected chi connectivity index (χ3v) is 6.54. The van der Waals surface area contributed by atoms with E-state index in [0.717, 1.165) is 18.5 Å². The molecule has 3 rings (SSSR count). The molecule has 0 saturated heterocycles. The molecule has 3 aromatic rings. The van der Waals surface area contributed by atoms with Gasteiger partial charge in [-0.15, -0.1) is 0 Å². The maximum Gasteiger partial charge on any atom is 0.263 e. The molecule has 0 spiro atoms. The van der Waals surface area contributed by atoms with Crippen LogP contribution in [0.5, 0.6) is 11.5 Å². The Kier molecular flexibility index (Phi) is 7.44. The summed E-state index contributed by atoms with van der Waals surface area (Å²) < 4.78 is 40.0.